The molecule has 0 aliphatic heterocycles. The SMILES string of the molecule is CC(CN)C(=O)Nc1ccc(Br)cc1Br. The van der Waals surface area contributed by atoms with Crippen LogP contribution in [0.4, 0.5) is 5.69 Å². The van der Waals surface area contributed by atoms with Gasteiger partial charge in [-0.1, -0.05) is 22.9 Å². The van der Waals surface area contributed by atoms with Crippen LogP contribution in [0.5, 0.6) is 0 Å². The van der Waals surface area contributed by atoms with E-state index < -0.39 is 0 Å². The molecule has 0 radical (unpaired) electrons. The van der Waals surface area contributed by atoms with Crippen molar-refractivity contribution < 1.29 is 4.79 Å². The molecule has 5 heteroatoms. The van der Waals surface area contributed by atoms with Crippen LogP contribution >= 0.6 is 31.9 Å². The van der Waals surface area contributed by atoms with Crippen molar-refractivity contribution in [2.45, 2.75) is 6.92 Å². The number of amides is 1. The molecule has 0 fully saturated rings. The summed E-state index contributed by atoms with van der Waals surface area (Å²) >= 11 is 6.71. The topological polar surface area (TPSA) is 55.1 Å². The summed E-state index contributed by atoms with van der Waals surface area (Å²) in [7, 11) is 0. The van der Waals surface area contributed by atoms with E-state index in [1.807, 2.05) is 18.2 Å². The molecule has 0 saturated heterocycles. The van der Waals surface area contributed by atoms with E-state index in [9.17, 15) is 4.79 Å². The third kappa shape index (κ3) is 3.59. The summed E-state index contributed by atoms with van der Waals surface area (Å²) in [4.78, 5) is 11.6. The van der Waals surface area contributed by atoms with Crippen molar-refractivity contribution in [3.63, 3.8) is 0 Å². The largest absolute Gasteiger partial charge is 0.330 e. The second-order valence-electron chi connectivity index (χ2n) is 3.25. The van der Waals surface area contributed by atoms with Crippen molar-refractivity contribution in [3.05, 3.63) is 27.1 Å². The summed E-state index contributed by atoms with van der Waals surface area (Å²) in [6.45, 7) is 2.14. The van der Waals surface area contributed by atoms with Gasteiger partial charge in [0.15, 0.2) is 0 Å². The zero-order chi connectivity index (χ0) is 11.4. The van der Waals surface area contributed by atoms with Crippen LogP contribution in [0.3, 0.4) is 0 Å². The highest BCUT2D eigenvalue weighted by molar-refractivity contribution is 9.11. The third-order valence-electron chi connectivity index (χ3n) is 1.99. The summed E-state index contributed by atoms with van der Waals surface area (Å²) in [5, 5.41) is 2.80. The van der Waals surface area contributed by atoms with Gasteiger partial charge < -0.3 is 11.1 Å². The summed E-state index contributed by atoms with van der Waals surface area (Å²) in [6.07, 6.45) is 0. The molecule has 1 amide bonds. The molecule has 0 aromatic heterocycles. The third-order valence-corrected chi connectivity index (χ3v) is 3.14. The average Bonchev–Trinajstić information content (AvgIpc) is 2.20. The molecule has 1 aromatic carbocycles. The number of anilines is 1. The van der Waals surface area contributed by atoms with Gasteiger partial charge in [0.25, 0.3) is 0 Å². The Kier molecular flexibility index (Phi) is 4.76. The van der Waals surface area contributed by atoms with Crippen LogP contribution in [0.15, 0.2) is 27.1 Å². The van der Waals surface area contributed by atoms with E-state index >= 15 is 0 Å². The lowest BCUT2D eigenvalue weighted by atomic mass is 10.1. The fourth-order valence-corrected chi connectivity index (χ4v) is 2.10. The minimum absolute atomic E-state index is 0.0690. The maximum Gasteiger partial charge on any atom is 0.228 e. The number of halogens is 2. The average molecular weight is 336 g/mol. The van der Waals surface area contributed by atoms with E-state index in [1.54, 1.807) is 6.92 Å². The van der Waals surface area contributed by atoms with Gasteiger partial charge in [-0.15, -0.1) is 0 Å². The molecule has 1 unspecified atom stereocenters. The Balaban J connectivity index is 2.77. The predicted molar refractivity (Wildman–Crippen MR) is 68.7 cm³/mol. The summed E-state index contributed by atoms with van der Waals surface area (Å²) in [6, 6.07) is 5.57. The maximum absolute atomic E-state index is 11.6. The van der Waals surface area contributed by atoms with Crippen molar-refractivity contribution >= 4 is 43.5 Å². The first-order valence-corrected chi connectivity index (χ1v) is 6.09. The van der Waals surface area contributed by atoms with E-state index in [1.165, 1.54) is 0 Å². The predicted octanol–water partition coefficient (Wildman–Crippen LogP) is 2.74. The van der Waals surface area contributed by atoms with E-state index in [0.29, 0.717) is 6.54 Å². The quantitative estimate of drug-likeness (QED) is 0.892. The Morgan fingerprint density at radius 3 is 2.73 bits per heavy atom. The van der Waals surface area contributed by atoms with Crippen molar-refractivity contribution in [3.8, 4) is 0 Å². The molecule has 0 aliphatic carbocycles. The van der Waals surface area contributed by atoms with Crippen molar-refractivity contribution in [2.75, 3.05) is 11.9 Å². The van der Waals surface area contributed by atoms with Crippen LogP contribution < -0.4 is 11.1 Å². The number of nitrogens with one attached hydrogen (secondary N) is 1. The molecule has 1 aromatic rings. The Bertz CT molecular complexity index is 368. The van der Waals surface area contributed by atoms with Gasteiger partial charge in [-0.2, -0.15) is 0 Å². The van der Waals surface area contributed by atoms with Crippen LogP contribution in [0.25, 0.3) is 0 Å². The zero-order valence-electron chi connectivity index (χ0n) is 8.26. The molecular weight excluding hydrogens is 324 g/mol. The van der Waals surface area contributed by atoms with Gasteiger partial charge >= 0.3 is 0 Å². The smallest absolute Gasteiger partial charge is 0.228 e. The van der Waals surface area contributed by atoms with Crippen molar-refractivity contribution in [1.29, 1.82) is 0 Å². The molecule has 1 rings (SSSR count). The van der Waals surface area contributed by atoms with Crippen LogP contribution in [-0.4, -0.2) is 12.5 Å². The molecule has 1 atom stereocenters. The van der Waals surface area contributed by atoms with E-state index in [2.05, 4.69) is 37.2 Å². The highest BCUT2D eigenvalue weighted by atomic mass is 79.9. The van der Waals surface area contributed by atoms with E-state index in [4.69, 9.17) is 5.73 Å². The molecule has 0 heterocycles. The summed E-state index contributed by atoms with van der Waals surface area (Å²) < 4.78 is 1.80. The first-order valence-electron chi connectivity index (χ1n) is 4.50. The number of hydrogen-bond donors (Lipinski definition) is 2. The standard InChI is InChI=1S/C10H12Br2N2O/c1-6(5-13)10(15)14-9-3-2-7(11)4-8(9)12/h2-4,6H,5,13H2,1H3,(H,14,15). The minimum atomic E-state index is -0.180. The van der Waals surface area contributed by atoms with Gasteiger partial charge in [-0.25, -0.2) is 0 Å². The van der Waals surface area contributed by atoms with Gasteiger partial charge in [-0.3, -0.25) is 4.79 Å². The van der Waals surface area contributed by atoms with E-state index in [-0.39, 0.29) is 11.8 Å². The molecule has 0 aliphatic rings. The molecule has 82 valence electrons. The van der Waals surface area contributed by atoms with E-state index in [0.717, 1.165) is 14.6 Å². The monoisotopic (exact) mass is 334 g/mol. The molecule has 3 nitrogen and oxygen atoms in total. The van der Waals surface area contributed by atoms with Crippen LogP contribution in [0.1, 0.15) is 6.92 Å². The number of nitrogens with two attached hydrogens (primary N) is 1. The Morgan fingerprint density at radius 1 is 1.53 bits per heavy atom. The number of hydrogen-bond acceptors (Lipinski definition) is 2. The van der Waals surface area contributed by atoms with Crippen LogP contribution in [-0.2, 0) is 4.79 Å². The second-order valence-corrected chi connectivity index (χ2v) is 5.02. The van der Waals surface area contributed by atoms with Crippen molar-refractivity contribution in [1.82, 2.24) is 0 Å². The summed E-state index contributed by atoms with van der Waals surface area (Å²) in [5.74, 6) is -0.249. The highest BCUT2D eigenvalue weighted by Gasteiger charge is 2.12. The molecule has 3 N–H and O–H groups in total. The normalized spacial score (nSPS) is 12.3. The fraction of sp³-hybridized carbons (Fsp3) is 0.300. The van der Waals surface area contributed by atoms with Gasteiger partial charge in [0.05, 0.1) is 5.69 Å². The lowest BCUT2D eigenvalue weighted by Gasteiger charge is -2.11. The van der Waals surface area contributed by atoms with Gasteiger partial charge in [-0.05, 0) is 34.1 Å². The molecule has 0 bridgehead atoms. The second kappa shape index (κ2) is 5.63. The molecule has 0 spiro atoms. The first kappa shape index (κ1) is 12.7. The minimum Gasteiger partial charge on any atom is -0.330 e. The van der Waals surface area contributed by atoms with Crippen LogP contribution in [0.2, 0.25) is 0 Å². The summed E-state index contributed by atoms with van der Waals surface area (Å²) in [5.41, 5.74) is 6.16. The van der Waals surface area contributed by atoms with Crippen molar-refractivity contribution in [2.24, 2.45) is 11.7 Å². The zero-order valence-corrected chi connectivity index (χ0v) is 11.4. The number of carbonyl (C=O) groups excluding carboxylic acids is 1. The molecular formula is C10H12Br2N2O. The van der Waals surface area contributed by atoms with Gasteiger partial charge in [0.2, 0.25) is 5.91 Å². The fourth-order valence-electron chi connectivity index (χ4n) is 0.954. The number of rotatable bonds is 3. The van der Waals surface area contributed by atoms with Gasteiger partial charge in [0.1, 0.15) is 0 Å². The van der Waals surface area contributed by atoms with Crippen LogP contribution in [0, 0.1) is 5.92 Å². The maximum atomic E-state index is 11.6. The number of benzene rings is 1. The Labute approximate surface area is 106 Å². The molecule has 0 saturated carbocycles. The molecule has 15 heavy (non-hydrogen) atoms. The Hall–Kier alpha value is -0.390. The van der Waals surface area contributed by atoms with Gasteiger partial charge in [0, 0.05) is 21.4 Å². The highest BCUT2D eigenvalue weighted by Crippen LogP contribution is 2.26. The Morgan fingerprint density at radius 2 is 2.20 bits per heavy atom. The first-order chi connectivity index (χ1) is 7.04. The lowest BCUT2D eigenvalue weighted by molar-refractivity contribution is -0.119. The number of carbonyl (C=O) groups is 1. The lowest BCUT2D eigenvalue weighted by Crippen LogP contribution is -2.26.